The van der Waals surface area contributed by atoms with Crippen LogP contribution in [0.15, 0.2) is 23.1 Å². The number of halogens is 2. The highest BCUT2D eigenvalue weighted by Crippen LogP contribution is 2.36. The SMILES string of the molecule is CC1CCC(C#N)C(S(=O)(=O)c2ccc(F)c(F)c2)C1. The minimum atomic E-state index is -3.82. The molecule has 0 heterocycles. The molecule has 0 N–H and O–H groups in total. The van der Waals surface area contributed by atoms with Gasteiger partial charge in [0.15, 0.2) is 21.5 Å². The van der Waals surface area contributed by atoms with Crippen molar-refractivity contribution in [2.45, 2.75) is 36.3 Å². The van der Waals surface area contributed by atoms with Gasteiger partial charge in [0.05, 0.1) is 22.1 Å². The van der Waals surface area contributed by atoms with Gasteiger partial charge in [-0.05, 0) is 43.4 Å². The van der Waals surface area contributed by atoms with Crippen LogP contribution < -0.4 is 0 Å². The second-order valence-corrected chi connectivity index (χ2v) is 7.48. The van der Waals surface area contributed by atoms with Crippen LogP contribution in [0.25, 0.3) is 0 Å². The summed E-state index contributed by atoms with van der Waals surface area (Å²) in [6, 6.07) is 4.58. The Kier molecular flexibility index (Phi) is 4.09. The van der Waals surface area contributed by atoms with E-state index in [1.807, 2.05) is 13.0 Å². The molecular formula is C14H15F2NO2S. The van der Waals surface area contributed by atoms with Gasteiger partial charge in [0.2, 0.25) is 0 Å². The summed E-state index contributed by atoms with van der Waals surface area (Å²) in [6.07, 6.45) is 1.70. The average Bonchev–Trinajstić information content (AvgIpc) is 2.41. The topological polar surface area (TPSA) is 57.9 Å². The number of benzene rings is 1. The summed E-state index contributed by atoms with van der Waals surface area (Å²) < 4.78 is 51.2. The summed E-state index contributed by atoms with van der Waals surface area (Å²) in [5.41, 5.74) is 0. The quantitative estimate of drug-likeness (QED) is 0.789. The third-order valence-corrected chi connectivity index (χ3v) is 6.07. The van der Waals surface area contributed by atoms with Crippen LogP contribution in [0.1, 0.15) is 26.2 Å². The van der Waals surface area contributed by atoms with E-state index >= 15 is 0 Å². The number of sulfone groups is 1. The lowest BCUT2D eigenvalue weighted by molar-refractivity contribution is 0.334. The maximum absolute atomic E-state index is 13.2. The zero-order valence-electron chi connectivity index (χ0n) is 11.0. The fourth-order valence-corrected chi connectivity index (χ4v) is 4.73. The molecule has 0 bridgehead atoms. The highest BCUT2D eigenvalue weighted by Gasteiger charge is 2.39. The molecule has 3 atom stereocenters. The smallest absolute Gasteiger partial charge is 0.182 e. The van der Waals surface area contributed by atoms with Crippen molar-refractivity contribution < 1.29 is 17.2 Å². The van der Waals surface area contributed by atoms with Crippen molar-refractivity contribution >= 4 is 9.84 Å². The first-order valence-corrected chi connectivity index (χ1v) is 7.99. The summed E-state index contributed by atoms with van der Waals surface area (Å²) >= 11 is 0. The van der Waals surface area contributed by atoms with Gasteiger partial charge < -0.3 is 0 Å². The van der Waals surface area contributed by atoms with Crippen molar-refractivity contribution in [2.24, 2.45) is 11.8 Å². The Balaban J connectivity index is 2.42. The number of hydrogen-bond donors (Lipinski definition) is 0. The summed E-state index contributed by atoms with van der Waals surface area (Å²) in [6.45, 7) is 1.93. The fraction of sp³-hybridized carbons (Fsp3) is 0.500. The van der Waals surface area contributed by atoms with E-state index in [9.17, 15) is 17.2 Å². The second-order valence-electron chi connectivity index (χ2n) is 5.31. The normalized spacial score (nSPS) is 27.0. The van der Waals surface area contributed by atoms with E-state index in [0.717, 1.165) is 18.6 Å². The maximum atomic E-state index is 13.2. The van der Waals surface area contributed by atoms with Crippen molar-refractivity contribution in [3.8, 4) is 6.07 Å². The summed E-state index contributed by atoms with van der Waals surface area (Å²) in [5, 5.41) is 8.26. The van der Waals surface area contributed by atoms with E-state index in [4.69, 9.17) is 5.26 Å². The van der Waals surface area contributed by atoms with Crippen LogP contribution in [0.5, 0.6) is 0 Å². The molecule has 1 aliphatic rings. The van der Waals surface area contributed by atoms with Gasteiger partial charge >= 0.3 is 0 Å². The lowest BCUT2D eigenvalue weighted by Gasteiger charge is -2.30. The third-order valence-electron chi connectivity index (χ3n) is 3.84. The maximum Gasteiger partial charge on any atom is 0.182 e. The number of nitriles is 1. The third kappa shape index (κ3) is 2.68. The van der Waals surface area contributed by atoms with Crippen molar-refractivity contribution in [1.82, 2.24) is 0 Å². The first-order valence-electron chi connectivity index (χ1n) is 6.45. The molecule has 108 valence electrons. The van der Waals surface area contributed by atoms with Crippen LogP contribution in [0, 0.1) is 34.8 Å². The lowest BCUT2D eigenvalue weighted by Crippen LogP contribution is -2.35. The molecule has 0 radical (unpaired) electrons. The molecule has 20 heavy (non-hydrogen) atoms. The van der Waals surface area contributed by atoms with Crippen molar-refractivity contribution in [2.75, 3.05) is 0 Å². The van der Waals surface area contributed by atoms with Crippen molar-refractivity contribution in [1.29, 1.82) is 5.26 Å². The van der Waals surface area contributed by atoms with Gasteiger partial charge in [0.1, 0.15) is 0 Å². The number of nitrogens with zero attached hydrogens (tertiary/aromatic N) is 1. The van der Waals surface area contributed by atoms with E-state index < -0.39 is 32.6 Å². The Morgan fingerprint density at radius 1 is 1.25 bits per heavy atom. The Morgan fingerprint density at radius 2 is 1.95 bits per heavy atom. The van der Waals surface area contributed by atoms with Gasteiger partial charge in [-0.25, -0.2) is 17.2 Å². The fourth-order valence-electron chi connectivity index (χ4n) is 2.65. The highest BCUT2D eigenvalue weighted by atomic mass is 32.2. The molecule has 1 aromatic carbocycles. The summed E-state index contributed by atoms with van der Waals surface area (Å²) in [5.74, 6) is -2.67. The van der Waals surface area contributed by atoms with Crippen LogP contribution in [0.2, 0.25) is 0 Å². The molecule has 1 saturated carbocycles. The van der Waals surface area contributed by atoms with Crippen LogP contribution >= 0.6 is 0 Å². The molecule has 0 amide bonds. The largest absolute Gasteiger partial charge is 0.223 e. The molecular weight excluding hydrogens is 284 g/mol. The predicted molar refractivity (Wildman–Crippen MR) is 69.4 cm³/mol. The molecule has 0 aromatic heterocycles. The summed E-state index contributed by atoms with van der Waals surface area (Å²) in [4.78, 5) is -0.254. The highest BCUT2D eigenvalue weighted by molar-refractivity contribution is 7.92. The van der Waals surface area contributed by atoms with Gasteiger partial charge in [-0.3, -0.25) is 0 Å². The van der Waals surface area contributed by atoms with E-state index in [1.165, 1.54) is 0 Å². The van der Waals surface area contributed by atoms with Crippen LogP contribution in [-0.4, -0.2) is 13.7 Å². The van der Waals surface area contributed by atoms with Crippen LogP contribution in [0.3, 0.4) is 0 Å². The van der Waals surface area contributed by atoms with Gasteiger partial charge in [-0.15, -0.1) is 0 Å². The van der Waals surface area contributed by atoms with Crippen molar-refractivity contribution in [3.05, 3.63) is 29.8 Å². The van der Waals surface area contributed by atoms with Gasteiger partial charge in [-0.1, -0.05) is 6.92 Å². The first kappa shape index (κ1) is 14.9. The molecule has 3 nitrogen and oxygen atoms in total. The van der Waals surface area contributed by atoms with E-state index in [1.54, 1.807) is 0 Å². The average molecular weight is 299 g/mol. The standard InChI is InChI=1S/C14H15F2NO2S/c1-9-2-3-10(8-17)14(6-9)20(18,19)11-4-5-12(15)13(16)7-11/h4-5,7,9-10,14H,2-3,6H2,1H3. The Hall–Kier alpha value is -1.48. The molecule has 1 aliphatic carbocycles. The van der Waals surface area contributed by atoms with Crippen molar-refractivity contribution in [3.63, 3.8) is 0 Å². The summed E-state index contributed by atoms with van der Waals surface area (Å²) in [7, 11) is -3.82. The van der Waals surface area contributed by atoms with E-state index in [0.29, 0.717) is 18.9 Å². The second kappa shape index (κ2) is 5.49. The van der Waals surface area contributed by atoms with E-state index in [2.05, 4.69) is 0 Å². The molecule has 0 saturated heterocycles. The molecule has 1 fully saturated rings. The Labute approximate surface area is 117 Å². The van der Waals surface area contributed by atoms with Crippen LogP contribution in [0.4, 0.5) is 8.78 Å². The Bertz CT molecular complexity index is 652. The molecule has 6 heteroatoms. The van der Waals surface area contributed by atoms with Crippen LogP contribution in [-0.2, 0) is 9.84 Å². The Morgan fingerprint density at radius 3 is 2.55 bits per heavy atom. The molecule has 1 aromatic rings. The molecule has 0 spiro atoms. The van der Waals surface area contributed by atoms with E-state index in [-0.39, 0.29) is 10.8 Å². The van der Waals surface area contributed by atoms with Gasteiger partial charge in [0.25, 0.3) is 0 Å². The first-order chi connectivity index (χ1) is 9.36. The number of hydrogen-bond acceptors (Lipinski definition) is 3. The molecule has 2 rings (SSSR count). The zero-order valence-corrected chi connectivity index (χ0v) is 11.8. The predicted octanol–water partition coefficient (Wildman–Crippen LogP) is 3.07. The minimum Gasteiger partial charge on any atom is -0.223 e. The monoisotopic (exact) mass is 299 g/mol. The van der Waals surface area contributed by atoms with Gasteiger partial charge in [-0.2, -0.15) is 5.26 Å². The lowest BCUT2D eigenvalue weighted by atomic mass is 9.83. The molecule has 0 aliphatic heterocycles. The zero-order chi connectivity index (χ0) is 14.9. The van der Waals surface area contributed by atoms with Gasteiger partial charge in [0, 0.05) is 0 Å². The number of rotatable bonds is 2. The minimum absolute atomic E-state index is 0.199. The molecule has 3 unspecified atom stereocenters.